The molecule has 0 saturated heterocycles. The minimum Gasteiger partial charge on any atom is -0.469 e. The molecule has 0 bridgehead atoms. The van der Waals surface area contributed by atoms with Crippen LogP contribution < -0.4 is 4.57 Å². The number of nitrogens with zero attached hydrogens (tertiary/aromatic N) is 2. The summed E-state index contributed by atoms with van der Waals surface area (Å²) in [5.74, 6) is -0.158. The van der Waals surface area contributed by atoms with Gasteiger partial charge in [-0.1, -0.05) is 0 Å². The predicted molar refractivity (Wildman–Crippen MR) is 51.6 cm³/mol. The molecule has 0 spiro atoms. The maximum absolute atomic E-state index is 10.9. The molecule has 0 aliphatic heterocycles. The normalized spacial score (nSPS) is 10.2. The molecule has 1 heterocycles. The summed E-state index contributed by atoms with van der Waals surface area (Å²) in [6, 6.07) is 0. The molecule has 4 nitrogen and oxygen atoms in total. The number of hydrogen-bond acceptors (Lipinski definition) is 2. The van der Waals surface area contributed by atoms with Crippen molar-refractivity contribution in [1.82, 2.24) is 4.57 Å². The van der Waals surface area contributed by atoms with Crippen molar-refractivity contribution >= 4 is 5.97 Å². The van der Waals surface area contributed by atoms with Gasteiger partial charge in [0.2, 0.25) is 6.33 Å². The van der Waals surface area contributed by atoms with E-state index in [0.29, 0.717) is 6.42 Å². The number of aryl methyl sites for hydroxylation is 3. The Hall–Kier alpha value is -1.32. The molecule has 0 saturated carbocycles. The predicted octanol–water partition coefficient (Wildman–Crippen LogP) is 0.438. The molecule has 0 radical (unpaired) electrons. The Balaban J connectivity index is 2.58. The molecule has 78 valence electrons. The number of rotatable bonds is 4. The third kappa shape index (κ3) is 2.58. The fourth-order valence-electron chi connectivity index (χ4n) is 1.36. The second-order valence-corrected chi connectivity index (χ2v) is 3.25. The van der Waals surface area contributed by atoms with E-state index in [0.717, 1.165) is 18.7 Å². The summed E-state index contributed by atoms with van der Waals surface area (Å²) in [7, 11) is 3.40. The lowest BCUT2D eigenvalue weighted by atomic mass is 10.2. The first-order valence-corrected chi connectivity index (χ1v) is 4.78. The van der Waals surface area contributed by atoms with Gasteiger partial charge < -0.3 is 4.74 Å². The molecule has 0 aliphatic rings. The summed E-state index contributed by atoms with van der Waals surface area (Å²) in [4.78, 5) is 10.9. The van der Waals surface area contributed by atoms with Crippen LogP contribution in [0.2, 0.25) is 0 Å². The second-order valence-electron chi connectivity index (χ2n) is 3.25. The van der Waals surface area contributed by atoms with Gasteiger partial charge in [-0.15, -0.1) is 0 Å². The monoisotopic (exact) mass is 197 g/mol. The number of aromatic nitrogens is 2. The van der Waals surface area contributed by atoms with Gasteiger partial charge in [0.05, 0.1) is 27.1 Å². The number of methoxy groups -OCH3 is 1. The largest absolute Gasteiger partial charge is 0.469 e. The van der Waals surface area contributed by atoms with Crippen molar-refractivity contribution in [3.8, 4) is 0 Å². The zero-order valence-corrected chi connectivity index (χ0v) is 8.99. The Morgan fingerprint density at radius 1 is 1.64 bits per heavy atom. The highest BCUT2D eigenvalue weighted by Crippen LogP contribution is 2.00. The van der Waals surface area contributed by atoms with Crippen LogP contribution in [0.25, 0.3) is 0 Å². The average molecular weight is 197 g/mol. The Kier molecular flexibility index (Phi) is 3.68. The van der Waals surface area contributed by atoms with Crippen LogP contribution in [0.5, 0.6) is 0 Å². The second kappa shape index (κ2) is 4.79. The summed E-state index contributed by atoms with van der Waals surface area (Å²) in [6.07, 6.45) is 5.25. The maximum atomic E-state index is 10.9. The summed E-state index contributed by atoms with van der Waals surface area (Å²) >= 11 is 0. The van der Waals surface area contributed by atoms with Gasteiger partial charge in [-0.2, -0.15) is 0 Å². The van der Waals surface area contributed by atoms with E-state index in [9.17, 15) is 4.79 Å². The van der Waals surface area contributed by atoms with Gasteiger partial charge >= 0.3 is 5.97 Å². The first kappa shape index (κ1) is 10.8. The molecule has 1 rings (SSSR count). The van der Waals surface area contributed by atoms with Gasteiger partial charge in [0.1, 0.15) is 11.9 Å². The van der Waals surface area contributed by atoms with Gasteiger partial charge in [-0.25, -0.2) is 9.13 Å². The highest BCUT2D eigenvalue weighted by molar-refractivity contribution is 5.69. The lowest BCUT2D eigenvalue weighted by Crippen LogP contribution is -2.28. The number of carbonyl (C=O) groups is 1. The molecule has 0 amide bonds. The van der Waals surface area contributed by atoms with E-state index in [1.165, 1.54) is 7.11 Å². The van der Waals surface area contributed by atoms with Gasteiger partial charge in [0.25, 0.3) is 0 Å². The van der Waals surface area contributed by atoms with Gasteiger partial charge in [0, 0.05) is 6.42 Å². The minimum absolute atomic E-state index is 0.158. The quantitative estimate of drug-likeness (QED) is 0.518. The Bertz CT molecular complexity index is 318. The number of hydrogen-bond donors (Lipinski definition) is 0. The molecular weight excluding hydrogens is 180 g/mol. The summed E-state index contributed by atoms with van der Waals surface area (Å²) in [5.41, 5.74) is 1.15. The Morgan fingerprint density at radius 2 is 2.36 bits per heavy atom. The van der Waals surface area contributed by atoms with Gasteiger partial charge in [-0.3, -0.25) is 4.79 Å². The zero-order valence-electron chi connectivity index (χ0n) is 8.99. The molecule has 1 aromatic heterocycles. The SMILES string of the molecule is CC[n+]1cc(CCC(=O)OC)n(C)c1. The molecule has 0 N–H and O–H groups in total. The first-order valence-electron chi connectivity index (χ1n) is 4.78. The Labute approximate surface area is 84.1 Å². The lowest BCUT2D eigenvalue weighted by Gasteiger charge is -1.96. The van der Waals surface area contributed by atoms with Crippen molar-refractivity contribution in [2.24, 2.45) is 7.05 Å². The van der Waals surface area contributed by atoms with Crippen molar-refractivity contribution in [2.75, 3.05) is 7.11 Å². The van der Waals surface area contributed by atoms with Crippen LogP contribution >= 0.6 is 0 Å². The van der Waals surface area contributed by atoms with Crippen LogP contribution in [-0.2, 0) is 29.5 Å². The average Bonchev–Trinajstić information content (AvgIpc) is 2.55. The summed E-state index contributed by atoms with van der Waals surface area (Å²) < 4.78 is 8.71. The highest BCUT2D eigenvalue weighted by atomic mass is 16.5. The lowest BCUT2D eigenvalue weighted by molar-refractivity contribution is -0.693. The molecule has 0 aromatic carbocycles. The number of ether oxygens (including phenoxy) is 1. The first-order chi connectivity index (χ1) is 6.67. The van der Waals surface area contributed by atoms with Crippen molar-refractivity contribution in [2.45, 2.75) is 26.3 Å². The van der Waals surface area contributed by atoms with E-state index < -0.39 is 0 Å². The molecule has 1 aromatic rings. The van der Waals surface area contributed by atoms with Gasteiger partial charge in [0.15, 0.2) is 0 Å². The van der Waals surface area contributed by atoms with E-state index in [-0.39, 0.29) is 5.97 Å². The number of imidazole rings is 1. The van der Waals surface area contributed by atoms with Gasteiger partial charge in [-0.05, 0) is 6.92 Å². The molecule has 0 aliphatic carbocycles. The van der Waals surface area contributed by atoms with Crippen LogP contribution in [-0.4, -0.2) is 17.6 Å². The van der Waals surface area contributed by atoms with Crippen molar-refractivity contribution in [3.63, 3.8) is 0 Å². The van der Waals surface area contributed by atoms with E-state index in [1.807, 2.05) is 17.9 Å². The molecule has 4 heteroatoms. The minimum atomic E-state index is -0.158. The topological polar surface area (TPSA) is 35.1 Å². The molecule has 0 fully saturated rings. The highest BCUT2D eigenvalue weighted by Gasteiger charge is 2.10. The molecule has 0 atom stereocenters. The summed E-state index contributed by atoms with van der Waals surface area (Å²) in [5, 5.41) is 0. The molecular formula is C10H17N2O2+. The van der Waals surface area contributed by atoms with Crippen LogP contribution in [0.3, 0.4) is 0 Å². The number of esters is 1. The molecule has 14 heavy (non-hydrogen) atoms. The van der Waals surface area contributed by atoms with Crippen LogP contribution in [0.1, 0.15) is 19.0 Å². The maximum Gasteiger partial charge on any atom is 0.305 e. The van der Waals surface area contributed by atoms with Crippen LogP contribution in [0.15, 0.2) is 12.5 Å². The fourth-order valence-corrected chi connectivity index (χ4v) is 1.36. The van der Waals surface area contributed by atoms with E-state index in [2.05, 4.69) is 22.4 Å². The number of carbonyl (C=O) groups excluding carboxylic acids is 1. The Morgan fingerprint density at radius 3 is 2.86 bits per heavy atom. The standard InChI is InChI=1S/C10H17N2O2/c1-4-12-7-9(11(2)8-12)5-6-10(13)14-3/h7-8H,4-6H2,1-3H3/q+1. The van der Waals surface area contributed by atoms with Crippen LogP contribution in [0.4, 0.5) is 0 Å². The van der Waals surface area contributed by atoms with Crippen molar-refractivity contribution < 1.29 is 14.1 Å². The van der Waals surface area contributed by atoms with E-state index in [1.54, 1.807) is 0 Å². The summed E-state index contributed by atoms with van der Waals surface area (Å²) in [6.45, 7) is 3.04. The van der Waals surface area contributed by atoms with Crippen molar-refractivity contribution in [3.05, 3.63) is 18.2 Å². The van der Waals surface area contributed by atoms with Crippen LogP contribution in [0, 0.1) is 0 Å². The third-order valence-electron chi connectivity index (χ3n) is 2.27. The van der Waals surface area contributed by atoms with Crippen molar-refractivity contribution in [1.29, 1.82) is 0 Å². The molecule has 0 unspecified atom stereocenters. The smallest absolute Gasteiger partial charge is 0.305 e. The van der Waals surface area contributed by atoms with E-state index in [4.69, 9.17) is 0 Å². The van der Waals surface area contributed by atoms with E-state index >= 15 is 0 Å². The third-order valence-corrected chi connectivity index (χ3v) is 2.27. The zero-order chi connectivity index (χ0) is 10.6. The fraction of sp³-hybridized carbons (Fsp3) is 0.600.